The highest BCUT2D eigenvalue weighted by Crippen LogP contribution is 2.32. The van der Waals surface area contributed by atoms with Crippen LogP contribution >= 0.6 is 23.2 Å². The molecule has 0 aliphatic carbocycles. The largest absolute Gasteiger partial charge is 0.492 e. The molecule has 0 saturated heterocycles. The van der Waals surface area contributed by atoms with Crippen molar-refractivity contribution in [1.82, 2.24) is 5.32 Å². The van der Waals surface area contributed by atoms with Crippen molar-refractivity contribution in [2.45, 2.75) is 39.8 Å². The molecule has 1 rings (SSSR count). The Morgan fingerprint density at radius 2 is 2.00 bits per heavy atom. The second-order valence-corrected chi connectivity index (χ2v) is 4.84. The Hall–Kier alpha value is -0.440. The zero-order valence-corrected chi connectivity index (χ0v) is 12.0. The van der Waals surface area contributed by atoms with Crippen molar-refractivity contribution in [3.05, 3.63) is 27.7 Å². The smallest absolute Gasteiger partial charge is 0.142 e. The molecule has 1 unspecified atom stereocenters. The molecule has 17 heavy (non-hydrogen) atoms. The van der Waals surface area contributed by atoms with Gasteiger partial charge < -0.3 is 10.1 Å². The normalized spacial score (nSPS) is 12.5. The minimum Gasteiger partial charge on any atom is -0.492 e. The Morgan fingerprint density at radius 3 is 2.59 bits per heavy atom. The first-order chi connectivity index (χ1) is 8.08. The first kappa shape index (κ1) is 14.6. The van der Waals surface area contributed by atoms with Gasteiger partial charge in [0.1, 0.15) is 5.75 Å². The highest BCUT2D eigenvalue weighted by atomic mass is 35.5. The number of hydrogen-bond acceptors (Lipinski definition) is 2. The van der Waals surface area contributed by atoms with Gasteiger partial charge in [-0.25, -0.2) is 0 Å². The number of hydrogen-bond donors (Lipinski definition) is 1. The lowest BCUT2D eigenvalue weighted by Crippen LogP contribution is -2.24. The van der Waals surface area contributed by atoms with Crippen LogP contribution < -0.4 is 10.1 Å². The standard InChI is InChI=1S/C13H19Cl2NO/c1-4-9(3)16-8-10-6-11(14)7-12(15)13(10)17-5-2/h6-7,9,16H,4-5,8H2,1-3H3. The van der Waals surface area contributed by atoms with E-state index < -0.39 is 0 Å². The summed E-state index contributed by atoms with van der Waals surface area (Å²) >= 11 is 12.1. The average molecular weight is 276 g/mol. The van der Waals surface area contributed by atoms with Gasteiger partial charge in [0.05, 0.1) is 11.6 Å². The van der Waals surface area contributed by atoms with Crippen LogP contribution in [0.4, 0.5) is 0 Å². The third-order valence-electron chi connectivity index (χ3n) is 2.63. The van der Waals surface area contributed by atoms with Crippen LogP contribution in [0.15, 0.2) is 12.1 Å². The summed E-state index contributed by atoms with van der Waals surface area (Å²) in [6.07, 6.45) is 1.08. The number of nitrogens with one attached hydrogen (secondary N) is 1. The molecule has 0 amide bonds. The summed E-state index contributed by atoms with van der Waals surface area (Å²) in [6.45, 7) is 7.54. The zero-order chi connectivity index (χ0) is 12.8. The van der Waals surface area contributed by atoms with Gasteiger partial charge in [-0.15, -0.1) is 0 Å². The molecule has 2 nitrogen and oxygen atoms in total. The SMILES string of the molecule is CCOc1c(Cl)cc(Cl)cc1CNC(C)CC. The predicted molar refractivity (Wildman–Crippen MR) is 74.2 cm³/mol. The summed E-state index contributed by atoms with van der Waals surface area (Å²) in [6, 6.07) is 4.07. The first-order valence-electron chi connectivity index (χ1n) is 5.92. The van der Waals surface area contributed by atoms with Crippen LogP contribution in [0.1, 0.15) is 32.8 Å². The van der Waals surface area contributed by atoms with Crippen LogP contribution in [0.2, 0.25) is 10.0 Å². The van der Waals surface area contributed by atoms with Crippen LogP contribution in [0.3, 0.4) is 0 Å². The van der Waals surface area contributed by atoms with Crippen LogP contribution in [0.25, 0.3) is 0 Å². The molecule has 1 atom stereocenters. The molecular formula is C13H19Cl2NO. The molecule has 0 heterocycles. The van der Waals surface area contributed by atoms with E-state index in [4.69, 9.17) is 27.9 Å². The molecular weight excluding hydrogens is 257 g/mol. The van der Waals surface area contributed by atoms with Crippen molar-refractivity contribution in [1.29, 1.82) is 0 Å². The predicted octanol–water partition coefficient (Wildman–Crippen LogP) is 4.28. The van der Waals surface area contributed by atoms with Gasteiger partial charge in [0.15, 0.2) is 0 Å². The lowest BCUT2D eigenvalue weighted by atomic mass is 10.1. The first-order valence-corrected chi connectivity index (χ1v) is 6.68. The minimum absolute atomic E-state index is 0.460. The average Bonchev–Trinajstić information content (AvgIpc) is 2.29. The van der Waals surface area contributed by atoms with E-state index in [1.807, 2.05) is 13.0 Å². The van der Waals surface area contributed by atoms with Crippen molar-refractivity contribution in [2.24, 2.45) is 0 Å². The second-order valence-electron chi connectivity index (χ2n) is 4.00. The number of ether oxygens (including phenoxy) is 1. The minimum atomic E-state index is 0.460. The van der Waals surface area contributed by atoms with Gasteiger partial charge >= 0.3 is 0 Å². The van der Waals surface area contributed by atoms with E-state index in [1.165, 1.54) is 0 Å². The lowest BCUT2D eigenvalue weighted by molar-refractivity contribution is 0.335. The van der Waals surface area contributed by atoms with Gasteiger partial charge in [-0.05, 0) is 32.4 Å². The summed E-state index contributed by atoms with van der Waals surface area (Å²) in [4.78, 5) is 0. The maximum Gasteiger partial charge on any atom is 0.142 e. The van der Waals surface area contributed by atoms with Gasteiger partial charge in [-0.2, -0.15) is 0 Å². The summed E-state index contributed by atoms with van der Waals surface area (Å²) in [5.41, 5.74) is 1.00. The highest BCUT2D eigenvalue weighted by Gasteiger charge is 2.11. The Morgan fingerprint density at radius 1 is 1.29 bits per heavy atom. The van der Waals surface area contributed by atoms with Crippen molar-refractivity contribution in [3.8, 4) is 5.75 Å². The van der Waals surface area contributed by atoms with Crippen LogP contribution in [0, 0.1) is 0 Å². The van der Waals surface area contributed by atoms with E-state index in [2.05, 4.69) is 19.2 Å². The topological polar surface area (TPSA) is 21.3 Å². The van der Waals surface area contributed by atoms with E-state index >= 15 is 0 Å². The van der Waals surface area contributed by atoms with Crippen LogP contribution in [-0.2, 0) is 6.54 Å². The van der Waals surface area contributed by atoms with Gasteiger partial charge in [0, 0.05) is 23.2 Å². The molecule has 0 aromatic heterocycles. The van der Waals surface area contributed by atoms with E-state index in [0.717, 1.165) is 17.7 Å². The van der Waals surface area contributed by atoms with Gasteiger partial charge in [-0.1, -0.05) is 30.1 Å². The Labute approximate surface area is 113 Å². The molecule has 0 aliphatic rings. The number of rotatable bonds is 6. The molecule has 0 saturated carbocycles. The maximum atomic E-state index is 6.13. The Balaban J connectivity index is 2.87. The van der Waals surface area contributed by atoms with Gasteiger partial charge in [0.2, 0.25) is 0 Å². The maximum absolute atomic E-state index is 6.13. The fourth-order valence-corrected chi connectivity index (χ4v) is 2.07. The molecule has 0 spiro atoms. The lowest BCUT2D eigenvalue weighted by Gasteiger charge is -2.16. The molecule has 1 aromatic rings. The van der Waals surface area contributed by atoms with Gasteiger partial charge in [0.25, 0.3) is 0 Å². The molecule has 4 heteroatoms. The van der Waals surface area contributed by atoms with E-state index in [-0.39, 0.29) is 0 Å². The summed E-state index contributed by atoms with van der Waals surface area (Å²) in [5, 5.41) is 4.61. The van der Waals surface area contributed by atoms with Crippen molar-refractivity contribution in [3.63, 3.8) is 0 Å². The van der Waals surface area contributed by atoms with E-state index in [9.17, 15) is 0 Å². The third-order valence-corrected chi connectivity index (χ3v) is 3.13. The fourth-order valence-electron chi connectivity index (χ4n) is 1.48. The van der Waals surface area contributed by atoms with Gasteiger partial charge in [-0.3, -0.25) is 0 Å². The van der Waals surface area contributed by atoms with Crippen molar-refractivity contribution in [2.75, 3.05) is 6.61 Å². The molecule has 1 aromatic carbocycles. The van der Waals surface area contributed by atoms with Crippen LogP contribution in [-0.4, -0.2) is 12.6 Å². The number of halogens is 2. The Kier molecular flexibility index (Phi) is 6.10. The van der Waals surface area contributed by atoms with E-state index in [0.29, 0.717) is 29.2 Å². The van der Waals surface area contributed by atoms with Crippen molar-refractivity contribution < 1.29 is 4.74 Å². The molecule has 0 aliphatic heterocycles. The Bertz CT molecular complexity index is 369. The zero-order valence-electron chi connectivity index (χ0n) is 10.5. The molecule has 0 bridgehead atoms. The molecule has 1 N–H and O–H groups in total. The second kappa shape index (κ2) is 7.10. The molecule has 0 fully saturated rings. The van der Waals surface area contributed by atoms with Crippen LogP contribution in [0.5, 0.6) is 5.75 Å². The quantitative estimate of drug-likeness (QED) is 0.837. The fraction of sp³-hybridized carbons (Fsp3) is 0.538. The summed E-state index contributed by atoms with van der Waals surface area (Å²) < 4.78 is 5.56. The number of benzene rings is 1. The van der Waals surface area contributed by atoms with E-state index in [1.54, 1.807) is 6.07 Å². The summed E-state index contributed by atoms with van der Waals surface area (Å²) in [7, 11) is 0. The molecule has 0 radical (unpaired) electrons. The monoisotopic (exact) mass is 275 g/mol. The third kappa shape index (κ3) is 4.38. The van der Waals surface area contributed by atoms with Crippen molar-refractivity contribution >= 4 is 23.2 Å². The molecule has 96 valence electrons. The highest BCUT2D eigenvalue weighted by molar-refractivity contribution is 6.35. The summed E-state index contributed by atoms with van der Waals surface area (Å²) in [5.74, 6) is 0.731.